The van der Waals surface area contributed by atoms with Crippen molar-refractivity contribution < 1.29 is 39.9 Å². The highest BCUT2D eigenvalue weighted by molar-refractivity contribution is 5.76. The average molecular weight is 224 g/mol. The van der Waals surface area contributed by atoms with Gasteiger partial charge in [0.2, 0.25) is 0 Å². The van der Waals surface area contributed by atoms with Crippen LogP contribution in [0.25, 0.3) is 0 Å². The van der Waals surface area contributed by atoms with Crippen molar-refractivity contribution in [3.05, 3.63) is 0 Å². The number of hydrogen-bond acceptors (Lipinski definition) is 7. The summed E-state index contributed by atoms with van der Waals surface area (Å²) >= 11 is 0. The molecule has 5 N–H and O–H groups in total. The van der Waals surface area contributed by atoms with E-state index in [2.05, 4.69) is 4.74 Å². The third-order valence-electron chi connectivity index (χ3n) is 1.69. The van der Waals surface area contributed by atoms with Crippen LogP contribution in [0.5, 0.6) is 0 Å². The second kappa shape index (κ2) is 5.61. The second-order valence-electron chi connectivity index (χ2n) is 2.73. The Morgan fingerprint density at radius 2 is 1.40 bits per heavy atom. The molecule has 15 heavy (non-hydrogen) atoms. The van der Waals surface area contributed by atoms with Crippen molar-refractivity contribution in [2.75, 3.05) is 7.11 Å². The molecule has 0 fully saturated rings. The zero-order valence-corrected chi connectivity index (χ0v) is 7.77. The van der Waals surface area contributed by atoms with E-state index in [-0.39, 0.29) is 0 Å². The SMILES string of the molecule is COC(=O)[C@H](O)[C@H](O)[C@@H](O)[C@H](O)C(=O)O. The fourth-order valence-corrected chi connectivity index (χ4v) is 0.780. The molecule has 0 aliphatic carbocycles. The first-order valence-corrected chi connectivity index (χ1v) is 3.85. The predicted octanol–water partition coefficient (Wildman–Crippen LogP) is -3.31. The topological polar surface area (TPSA) is 145 Å². The van der Waals surface area contributed by atoms with Crippen LogP contribution in [0, 0.1) is 0 Å². The van der Waals surface area contributed by atoms with Crippen LogP contribution < -0.4 is 0 Å². The van der Waals surface area contributed by atoms with Crippen molar-refractivity contribution in [3.8, 4) is 0 Å². The second-order valence-corrected chi connectivity index (χ2v) is 2.73. The maximum Gasteiger partial charge on any atom is 0.337 e. The summed E-state index contributed by atoms with van der Waals surface area (Å²) in [6, 6.07) is 0. The normalized spacial score (nSPS) is 18.7. The third-order valence-corrected chi connectivity index (χ3v) is 1.69. The van der Waals surface area contributed by atoms with Gasteiger partial charge in [-0.15, -0.1) is 0 Å². The predicted molar refractivity (Wildman–Crippen MR) is 43.7 cm³/mol. The highest BCUT2D eigenvalue weighted by Crippen LogP contribution is 2.06. The van der Waals surface area contributed by atoms with E-state index in [9.17, 15) is 9.59 Å². The Labute approximate surface area is 84.3 Å². The van der Waals surface area contributed by atoms with E-state index in [1.54, 1.807) is 0 Å². The van der Waals surface area contributed by atoms with Gasteiger partial charge >= 0.3 is 11.9 Å². The average Bonchev–Trinajstić information content (AvgIpc) is 2.23. The van der Waals surface area contributed by atoms with Crippen LogP contribution in [0.3, 0.4) is 0 Å². The van der Waals surface area contributed by atoms with Gasteiger partial charge < -0.3 is 30.3 Å². The molecule has 4 atom stereocenters. The van der Waals surface area contributed by atoms with Gasteiger partial charge in [0.25, 0.3) is 0 Å². The summed E-state index contributed by atoms with van der Waals surface area (Å²) in [5.41, 5.74) is 0. The van der Waals surface area contributed by atoms with Gasteiger partial charge in [-0.25, -0.2) is 9.59 Å². The molecular weight excluding hydrogens is 212 g/mol. The monoisotopic (exact) mass is 224 g/mol. The van der Waals surface area contributed by atoms with E-state index < -0.39 is 36.4 Å². The molecule has 0 aromatic rings. The summed E-state index contributed by atoms with van der Waals surface area (Å²) < 4.78 is 4.03. The summed E-state index contributed by atoms with van der Waals surface area (Å²) in [6.07, 6.45) is -8.78. The van der Waals surface area contributed by atoms with Crippen molar-refractivity contribution in [3.63, 3.8) is 0 Å². The van der Waals surface area contributed by atoms with Gasteiger partial charge in [0.05, 0.1) is 7.11 Å². The lowest BCUT2D eigenvalue weighted by molar-refractivity contribution is -0.174. The van der Waals surface area contributed by atoms with Gasteiger partial charge in [-0.3, -0.25) is 0 Å². The smallest absolute Gasteiger partial charge is 0.337 e. The molecular formula is C7H12O8. The Morgan fingerprint density at radius 1 is 1.00 bits per heavy atom. The molecule has 0 aromatic heterocycles. The van der Waals surface area contributed by atoms with Crippen LogP contribution in [-0.2, 0) is 14.3 Å². The molecule has 0 aliphatic heterocycles. The van der Waals surface area contributed by atoms with Crippen LogP contribution in [0.15, 0.2) is 0 Å². The molecule has 0 radical (unpaired) electrons. The fourth-order valence-electron chi connectivity index (χ4n) is 0.780. The molecule has 0 heterocycles. The summed E-state index contributed by atoms with van der Waals surface area (Å²) in [7, 11) is 0.929. The van der Waals surface area contributed by atoms with E-state index >= 15 is 0 Å². The number of hydrogen-bond donors (Lipinski definition) is 5. The summed E-state index contributed by atoms with van der Waals surface area (Å²) in [4.78, 5) is 20.9. The van der Waals surface area contributed by atoms with Gasteiger partial charge in [-0.05, 0) is 0 Å². The summed E-state index contributed by atoms with van der Waals surface area (Å²) in [5.74, 6) is -3.04. The zero-order chi connectivity index (χ0) is 12.2. The maximum absolute atomic E-state index is 10.7. The molecule has 0 unspecified atom stereocenters. The number of aliphatic carboxylic acids is 1. The minimum absolute atomic E-state index is 0.929. The van der Waals surface area contributed by atoms with Crippen molar-refractivity contribution in [1.82, 2.24) is 0 Å². The van der Waals surface area contributed by atoms with E-state index in [1.807, 2.05) is 0 Å². The van der Waals surface area contributed by atoms with Crippen molar-refractivity contribution in [2.24, 2.45) is 0 Å². The van der Waals surface area contributed by atoms with Gasteiger partial charge in [-0.2, -0.15) is 0 Å². The summed E-state index contributed by atoms with van der Waals surface area (Å²) in [5, 5.41) is 44.2. The number of esters is 1. The lowest BCUT2D eigenvalue weighted by atomic mass is 10.0. The minimum atomic E-state index is -2.31. The van der Waals surface area contributed by atoms with E-state index in [0.29, 0.717) is 0 Å². The number of carbonyl (C=O) groups excluding carboxylic acids is 1. The third kappa shape index (κ3) is 3.44. The number of methoxy groups -OCH3 is 1. The first kappa shape index (κ1) is 13.8. The number of carbonyl (C=O) groups is 2. The maximum atomic E-state index is 10.7. The number of rotatable bonds is 5. The van der Waals surface area contributed by atoms with Crippen LogP contribution in [0.2, 0.25) is 0 Å². The largest absolute Gasteiger partial charge is 0.479 e. The Morgan fingerprint density at radius 3 is 1.73 bits per heavy atom. The minimum Gasteiger partial charge on any atom is -0.479 e. The van der Waals surface area contributed by atoms with Crippen LogP contribution in [0.4, 0.5) is 0 Å². The lowest BCUT2D eigenvalue weighted by Crippen LogP contribution is -2.50. The molecule has 0 saturated carbocycles. The number of carboxylic acid groups (broad SMARTS) is 1. The van der Waals surface area contributed by atoms with E-state index in [0.717, 1.165) is 7.11 Å². The molecule has 8 heteroatoms. The zero-order valence-electron chi connectivity index (χ0n) is 7.77. The van der Waals surface area contributed by atoms with Gasteiger partial charge in [0, 0.05) is 0 Å². The number of carboxylic acids is 1. The van der Waals surface area contributed by atoms with Crippen molar-refractivity contribution >= 4 is 11.9 Å². The molecule has 88 valence electrons. The molecule has 0 amide bonds. The number of ether oxygens (including phenoxy) is 1. The first-order valence-electron chi connectivity index (χ1n) is 3.85. The van der Waals surface area contributed by atoms with E-state index in [1.165, 1.54) is 0 Å². The highest BCUT2D eigenvalue weighted by atomic mass is 16.5. The molecule has 8 nitrogen and oxygen atoms in total. The van der Waals surface area contributed by atoms with Crippen LogP contribution in [0.1, 0.15) is 0 Å². The molecule has 0 bridgehead atoms. The molecule has 0 saturated heterocycles. The Hall–Kier alpha value is -1.22. The highest BCUT2D eigenvalue weighted by Gasteiger charge is 2.37. The standard InChI is InChI=1S/C7H12O8/c1-15-7(14)5(11)3(9)2(8)4(10)6(12)13/h2-5,8-11H,1H3,(H,12,13)/t2-,3-,4+,5-/m1/s1. The van der Waals surface area contributed by atoms with Crippen LogP contribution in [-0.4, -0.2) is 69.0 Å². The Bertz CT molecular complexity index is 239. The molecule has 0 aromatic carbocycles. The molecule has 0 aliphatic rings. The van der Waals surface area contributed by atoms with Crippen LogP contribution >= 0.6 is 0 Å². The quantitative estimate of drug-likeness (QED) is 0.305. The van der Waals surface area contributed by atoms with Crippen molar-refractivity contribution in [1.29, 1.82) is 0 Å². The Balaban J connectivity index is 4.49. The van der Waals surface area contributed by atoms with Gasteiger partial charge in [0.15, 0.2) is 12.2 Å². The summed E-state index contributed by atoms with van der Waals surface area (Å²) in [6.45, 7) is 0. The fraction of sp³-hybridized carbons (Fsp3) is 0.714. The lowest BCUT2D eigenvalue weighted by Gasteiger charge is -2.22. The van der Waals surface area contributed by atoms with E-state index in [4.69, 9.17) is 25.5 Å². The Kier molecular flexibility index (Phi) is 5.15. The first-order chi connectivity index (χ1) is 6.82. The molecule has 0 spiro atoms. The molecule has 0 rings (SSSR count). The van der Waals surface area contributed by atoms with Crippen molar-refractivity contribution in [2.45, 2.75) is 24.4 Å². The number of aliphatic hydroxyl groups excluding tert-OH is 4. The van der Waals surface area contributed by atoms with Gasteiger partial charge in [0.1, 0.15) is 12.2 Å². The number of aliphatic hydroxyl groups is 4. The van der Waals surface area contributed by atoms with Gasteiger partial charge in [-0.1, -0.05) is 0 Å².